The maximum atomic E-state index is 11.4. The fourth-order valence-corrected chi connectivity index (χ4v) is 2.28. The lowest BCUT2D eigenvalue weighted by Crippen LogP contribution is -2.09. The van der Waals surface area contributed by atoms with Gasteiger partial charge in [-0.3, -0.25) is 10.1 Å². The zero-order chi connectivity index (χ0) is 16.3. The second-order valence-electron chi connectivity index (χ2n) is 4.96. The van der Waals surface area contributed by atoms with E-state index in [0.717, 1.165) is 5.57 Å². The molecule has 2 rings (SSSR count). The molecule has 1 aromatic carbocycles. The van der Waals surface area contributed by atoms with E-state index in [1.807, 2.05) is 32.1 Å². The van der Waals surface area contributed by atoms with Gasteiger partial charge in [0.05, 0.1) is 4.92 Å². The molecule has 0 bridgehead atoms. The Kier molecular flexibility index (Phi) is 4.41. The largest absolute Gasteiger partial charge is 0.477 e. The van der Waals surface area contributed by atoms with Gasteiger partial charge >= 0.3 is 5.97 Å². The number of allylic oxidation sites excluding steroid dienone is 4. The van der Waals surface area contributed by atoms with Crippen molar-refractivity contribution in [2.24, 2.45) is 0 Å². The normalized spacial score (nSPS) is 12.2. The third kappa shape index (κ3) is 3.06. The third-order valence-corrected chi connectivity index (χ3v) is 3.30. The Morgan fingerprint density at radius 3 is 2.73 bits per heavy atom. The molecule has 0 spiro atoms. The second-order valence-corrected chi connectivity index (χ2v) is 4.96. The van der Waals surface area contributed by atoms with Crippen LogP contribution in [0.2, 0.25) is 0 Å². The summed E-state index contributed by atoms with van der Waals surface area (Å²) in [5.41, 5.74) is 1.71. The summed E-state index contributed by atoms with van der Waals surface area (Å²) in [5, 5.41) is 20.7. The summed E-state index contributed by atoms with van der Waals surface area (Å²) in [4.78, 5) is 21.8. The van der Waals surface area contributed by atoms with Gasteiger partial charge in [-0.1, -0.05) is 23.8 Å². The summed E-state index contributed by atoms with van der Waals surface area (Å²) in [5.74, 6) is -1.06. The number of nitro groups is 1. The number of rotatable bonds is 5. The standard InChI is InChI=1S/C16H16N2O4/c1-3-4-5-11(2)10-17-14-7-6-13(18(21)22)8-12(14)9-15(17)16(19)20/h3-9H,10H2,1-2H3,(H,19,20)/b4-3-,11-5+. The summed E-state index contributed by atoms with van der Waals surface area (Å²) < 4.78 is 1.65. The van der Waals surface area contributed by atoms with Crippen LogP contribution in [0.25, 0.3) is 10.9 Å². The Morgan fingerprint density at radius 1 is 1.41 bits per heavy atom. The highest BCUT2D eigenvalue weighted by molar-refractivity contribution is 5.95. The predicted octanol–water partition coefficient (Wildman–Crippen LogP) is 3.77. The number of benzene rings is 1. The molecule has 0 aliphatic rings. The highest BCUT2D eigenvalue weighted by atomic mass is 16.6. The number of nitrogens with zero attached hydrogens (tertiary/aromatic N) is 2. The van der Waals surface area contributed by atoms with E-state index >= 15 is 0 Å². The average Bonchev–Trinajstić information content (AvgIpc) is 2.83. The molecule has 0 radical (unpaired) electrons. The first-order chi connectivity index (χ1) is 10.4. The fourth-order valence-electron chi connectivity index (χ4n) is 2.28. The molecule has 0 saturated carbocycles. The second kappa shape index (κ2) is 6.26. The van der Waals surface area contributed by atoms with Crippen LogP contribution in [-0.2, 0) is 6.54 Å². The number of fused-ring (bicyclic) bond motifs is 1. The first-order valence-corrected chi connectivity index (χ1v) is 6.73. The maximum absolute atomic E-state index is 11.4. The van der Waals surface area contributed by atoms with Crippen LogP contribution in [-0.4, -0.2) is 20.6 Å². The Morgan fingerprint density at radius 2 is 2.14 bits per heavy atom. The first-order valence-electron chi connectivity index (χ1n) is 6.73. The van der Waals surface area contributed by atoms with E-state index in [-0.39, 0.29) is 11.4 Å². The van der Waals surface area contributed by atoms with Gasteiger partial charge in [-0.05, 0) is 26.0 Å². The van der Waals surface area contributed by atoms with E-state index in [0.29, 0.717) is 17.4 Å². The van der Waals surface area contributed by atoms with Crippen LogP contribution in [0, 0.1) is 10.1 Å². The number of aromatic nitrogens is 1. The van der Waals surface area contributed by atoms with E-state index in [2.05, 4.69) is 0 Å². The smallest absolute Gasteiger partial charge is 0.352 e. The zero-order valence-electron chi connectivity index (χ0n) is 12.3. The number of aromatic carboxylic acids is 1. The minimum absolute atomic E-state index is 0.0530. The molecular weight excluding hydrogens is 284 g/mol. The van der Waals surface area contributed by atoms with Crippen LogP contribution < -0.4 is 0 Å². The molecule has 114 valence electrons. The Hall–Kier alpha value is -2.89. The topological polar surface area (TPSA) is 85.4 Å². The van der Waals surface area contributed by atoms with Crippen LogP contribution in [0.3, 0.4) is 0 Å². The summed E-state index contributed by atoms with van der Waals surface area (Å²) >= 11 is 0. The van der Waals surface area contributed by atoms with Gasteiger partial charge in [-0.25, -0.2) is 4.79 Å². The van der Waals surface area contributed by atoms with Crippen molar-refractivity contribution in [1.82, 2.24) is 4.57 Å². The van der Waals surface area contributed by atoms with Crippen LogP contribution in [0.15, 0.2) is 48.1 Å². The average molecular weight is 300 g/mol. The predicted molar refractivity (Wildman–Crippen MR) is 84.1 cm³/mol. The number of hydrogen-bond acceptors (Lipinski definition) is 3. The quantitative estimate of drug-likeness (QED) is 0.517. The van der Waals surface area contributed by atoms with Gasteiger partial charge in [0.25, 0.3) is 5.69 Å². The SMILES string of the molecule is C/C=C\C=C(/C)Cn1c(C(=O)O)cc2cc([N+](=O)[O-])ccc21. The number of nitro benzene ring substituents is 1. The lowest BCUT2D eigenvalue weighted by atomic mass is 10.2. The van der Waals surface area contributed by atoms with Crippen LogP contribution in [0.5, 0.6) is 0 Å². The van der Waals surface area contributed by atoms with Crippen LogP contribution in [0.4, 0.5) is 5.69 Å². The van der Waals surface area contributed by atoms with E-state index < -0.39 is 10.9 Å². The highest BCUT2D eigenvalue weighted by Gasteiger charge is 2.17. The summed E-state index contributed by atoms with van der Waals surface area (Å²) in [6, 6.07) is 5.83. The minimum atomic E-state index is -1.06. The molecule has 22 heavy (non-hydrogen) atoms. The monoisotopic (exact) mass is 300 g/mol. The van der Waals surface area contributed by atoms with Crippen molar-refractivity contribution in [3.63, 3.8) is 0 Å². The van der Waals surface area contributed by atoms with Gasteiger partial charge < -0.3 is 9.67 Å². The summed E-state index contributed by atoms with van der Waals surface area (Å²) in [6.45, 7) is 4.22. The molecule has 6 heteroatoms. The van der Waals surface area contributed by atoms with Crippen molar-refractivity contribution in [2.45, 2.75) is 20.4 Å². The number of carboxylic acid groups (broad SMARTS) is 1. The summed E-state index contributed by atoms with van der Waals surface area (Å²) in [7, 11) is 0. The van der Waals surface area contributed by atoms with Crippen molar-refractivity contribution in [3.05, 3.63) is 63.9 Å². The molecule has 0 amide bonds. The molecule has 1 aromatic heterocycles. The molecule has 0 saturated heterocycles. The van der Waals surface area contributed by atoms with Crippen molar-refractivity contribution in [3.8, 4) is 0 Å². The van der Waals surface area contributed by atoms with Gasteiger partial charge in [-0.2, -0.15) is 0 Å². The molecule has 0 aliphatic heterocycles. The van der Waals surface area contributed by atoms with Gasteiger partial charge in [0.15, 0.2) is 0 Å². The van der Waals surface area contributed by atoms with Gasteiger partial charge in [-0.15, -0.1) is 0 Å². The number of hydrogen-bond donors (Lipinski definition) is 1. The Labute approximate surface area is 127 Å². The van der Waals surface area contributed by atoms with E-state index in [9.17, 15) is 20.0 Å². The molecule has 0 unspecified atom stereocenters. The van der Waals surface area contributed by atoms with Crippen molar-refractivity contribution in [1.29, 1.82) is 0 Å². The van der Waals surface area contributed by atoms with E-state index in [1.54, 1.807) is 10.6 Å². The van der Waals surface area contributed by atoms with Crippen LogP contribution >= 0.6 is 0 Å². The summed E-state index contributed by atoms with van der Waals surface area (Å²) in [6.07, 6.45) is 5.67. The molecule has 0 aliphatic carbocycles. The van der Waals surface area contributed by atoms with Gasteiger partial charge in [0, 0.05) is 29.6 Å². The molecule has 6 nitrogen and oxygen atoms in total. The fraction of sp³-hybridized carbons (Fsp3) is 0.188. The third-order valence-electron chi connectivity index (χ3n) is 3.30. The molecule has 0 fully saturated rings. The van der Waals surface area contributed by atoms with Crippen molar-refractivity contribution >= 4 is 22.6 Å². The zero-order valence-corrected chi connectivity index (χ0v) is 12.3. The van der Waals surface area contributed by atoms with Crippen LogP contribution in [0.1, 0.15) is 24.3 Å². The number of carbonyl (C=O) groups is 1. The first kappa shape index (κ1) is 15.5. The number of carboxylic acids is 1. The van der Waals surface area contributed by atoms with Gasteiger partial charge in [0.1, 0.15) is 5.69 Å². The minimum Gasteiger partial charge on any atom is -0.477 e. The highest BCUT2D eigenvalue weighted by Crippen LogP contribution is 2.25. The van der Waals surface area contributed by atoms with Crippen molar-refractivity contribution in [2.75, 3.05) is 0 Å². The molecule has 1 N–H and O–H groups in total. The Bertz CT molecular complexity index is 800. The number of non-ortho nitro benzene ring substituents is 1. The lowest BCUT2D eigenvalue weighted by Gasteiger charge is -2.08. The molecule has 0 atom stereocenters. The molecular formula is C16H16N2O4. The van der Waals surface area contributed by atoms with E-state index in [1.165, 1.54) is 18.2 Å². The van der Waals surface area contributed by atoms with E-state index in [4.69, 9.17) is 0 Å². The van der Waals surface area contributed by atoms with Crippen molar-refractivity contribution < 1.29 is 14.8 Å². The molecule has 1 heterocycles. The van der Waals surface area contributed by atoms with Gasteiger partial charge in [0.2, 0.25) is 0 Å². The Balaban J connectivity index is 2.57. The molecule has 2 aromatic rings. The lowest BCUT2D eigenvalue weighted by molar-refractivity contribution is -0.384. The maximum Gasteiger partial charge on any atom is 0.352 e.